The van der Waals surface area contributed by atoms with E-state index >= 15 is 0 Å². The van der Waals surface area contributed by atoms with Crippen LogP contribution in [0, 0.1) is 0 Å². The van der Waals surface area contributed by atoms with Gasteiger partial charge in [0.25, 0.3) is 0 Å². The van der Waals surface area contributed by atoms with Crippen LogP contribution in [0.3, 0.4) is 0 Å². The third-order valence-corrected chi connectivity index (χ3v) is 2.94. The van der Waals surface area contributed by atoms with Gasteiger partial charge in [0.15, 0.2) is 11.5 Å². The first-order chi connectivity index (χ1) is 9.78. The van der Waals surface area contributed by atoms with Crippen molar-refractivity contribution < 1.29 is 4.74 Å². The molecule has 0 amide bonds. The fourth-order valence-corrected chi connectivity index (χ4v) is 1.96. The fourth-order valence-electron chi connectivity index (χ4n) is 1.96. The van der Waals surface area contributed by atoms with Crippen molar-refractivity contribution in [1.29, 1.82) is 0 Å². The predicted molar refractivity (Wildman–Crippen MR) is 76.4 cm³/mol. The van der Waals surface area contributed by atoms with Gasteiger partial charge in [0, 0.05) is 12.1 Å². The molecule has 2 heterocycles. The molecule has 7 heteroatoms. The van der Waals surface area contributed by atoms with Gasteiger partial charge in [-0.1, -0.05) is 18.2 Å². The highest BCUT2D eigenvalue weighted by Crippen LogP contribution is 2.19. The molecule has 3 rings (SSSR count). The lowest BCUT2D eigenvalue weighted by molar-refractivity contribution is 0.410. The van der Waals surface area contributed by atoms with Gasteiger partial charge in [0.05, 0.1) is 13.4 Å². The Labute approximate surface area is 115 Å². The zero-order valence-electron chi connectivity index (χ0n) is 10.9. The van der Waals surface area contributed by atoms with E-state index in [-0.39, 0.29) is 0 Å². The number of hydrogen-bond donors (Lipinski definition) is 3. The van der Waals surface area contributed by atoms with Gasteiger partial charge in [-0.25, -0.2) is 4.98 Å². The molecule has 0 bridgehead atoms. The maximum Gasteiger partial charge on any atom is 0.227 e. The second kappa shape index (κ2) is 5.04. The number of hydrogen-bond acceptors (Lipinski definition) is 6. The van der Waals surface area contributed by atoms with Crippen molar-refractivity contribution in [3.63, 3.8) is 0 Å². The van der Waals surface area contributed by atoms with Gasteiger partial charge in [0.1, 0.15) is 11.3 Å². The molecule has 2 aromatic heterocycles. The summed E-state index contributed by atoms with van der Waals surface area (Å²) in [6.45, 7) is 0.541. The molecule has 0 spiro atoms. The maximum absolute atomic E-state index is 5.84. The number of nitrogen functional groups attached to an aromatic ring is 1. The van der Waals surface area contributed by atoms with E-state index in [0.29, 0.717) is 29.5 Å². The van der Waals surface area contributed by atoms with Crippen molar-refractivity contribution in [3.8, 4) is 5.75 Å². The largest absolute Gasteiger partial charge is 0.496 e. The Hall–Kier alpha value is -2.83. The fraction of sp³-hybridized carbons (Fsp3) is 0.154. The predicted octanol–water partition coefficient (Wildman–Crippen LogP) is 1.56. The van der Waals surface area contributed by atoms with Gasteiger partial charge in [0.2, 0.25) is 5.95 Å². The molecule has 0 saturated heterocycles. The quantitative estimate of drug-likeness (QED) is 0.665. The third kappa shape index (κ3) is 2.20. The van der Waals surface area contributed by atoms with Crippen LogP contribution >= 0.6 is 0 Å². The summed E-state index contributed by atoms with van der Waals surface area (Å²) >= 11 is 0. The highest BCUT2D eigenvalue weighted by Gasteiger charge is 2.08. The standard InChI is InChI=1S/C13H14N6O/c1-20-9-5-3-2-4-8(9)6-15-13-18-11(14)10-12(19-13)17-7-16-10/h2-5,7H,6H2,1H3,(H4,14,15,16,17,18,19). The van der Waals surface area contributed by atoms with Crippen molar-refractivity contribution in [2.24, 2.45) is 0 Å². The summed E-state index contributed by atoms with van der Waals surface area (Å²) < 4.78 is 5.29. The number of aromatic nitrogens is 4. The summed E-state index contributed by atoms with van der Waals surface area (Å²) in [7, 11) is 1.64. The number of rotatable bonds is 4. The van der Waals surface area contributed by atoms with Crippen LogP contribution in [-0.4, -0.2) is 27.0 Å². The molecule has 20 heavy (non-hydrogen) atoms. The molecular formula is C13H14N6O. The van der Waals surface area contributed by atoms with E-state index in [1.165, 1.54) is 0 Å². The first kappa shape index (κ1) is 12.2. The Kier molecular flexibility index (Phi) is 3.08. The minimum Gasteiger partial charge on any atom is -0.496 e. The zero-order chi connectivity index (χ0) is 13.9. The molecule has 0 atom stereocenters. The summed E-state index contributed by atoms with van der Waals surface area (Å²) in [4.78, 5) is 15.4. The van der Waals surface area contributed by atoms with Crippen LogP contribution in [0.5, 0.6) is 5.75 Å². The molecule has 0 saturated carbocycles. The maximum atomic E-state index is 5.84. The Morgan fingerprint density at radius 1 is 1.30 bits per heavy atom. The van der Waals surface area contributed by atoms with Gasteiger partial charge in [-0.2, -0.15) is 9.97 Å². The lowest BCUT2D eigenvalue weighted by Crippen LogP contribution is -2.06. The van der Waals surface area contributed by atoms with E-state index < -0.39 is 0 Å². The van der Waals surface area contributed by atoms with Crippen molar-refractivity contribution >= 4 is 22.9 Å². The average Bonchev–Trinajstić information content (AvgIpc) is 2.94. The first-order valence-corrected chi connectivity index (χ1v) is 6.10. The normalized spacial score (nSPS) is 10.7. The number of nitrogens with one attached hydrogen (secondary N) is 2. The first-order valence-electron chi connectivity index (χ1n) is 6.10. The Morgan fingerprint density at radius 3 is 3.00 bits per heavy atom. The van der Waals surface area contributed by atoms with E-state index in [2.05, 4.69) is 25.3 Å². The molecule has 7 nitrogen and oxygen atoms in total. The highest BCUT2D eigenvalue weighted by atomic mass is 16.5. The van der Waals surface area contributed by atoms with Gasteiger partial charge >= 0.3 is 0 Å². The Bertz CT molecular complexity index is 739. The molecule has 1 aromatic carbocycles. The van der Waals surface area contributed by atoms with Gasteiger partial charge < -0.3 is 20.8 Å². The molecule has 0 radical (unpaired) electrons. The number of H-pyrrole nitrogens is 1. The number of fused-ring (bicyclic) bond motifs is 1. The molecule has 0 aliphatic rings. The van der Waals surface area contributed by atoms with Crippen LogP contribution in [0.2, 0.25) is 0 Å². The molecule has 0 fully saturated rings. The van der Waals surface area contributed by atoms with E-state index in [1.54, 1.807) is 13.4 Å². The summed E-state index contributed by atoms with van der Waals surface area (Å²) in [5.74, 6) is 1.62. The van der Waals surface area contributed by atoms with E-state index in [4.69, 9.17) is 10.5 Å². The minimum atomic E-state index is 0.370. The number of para-hydroxylation sites is 1. The average molecular weight is 270 g/mol. The Balaban J connectivity index is 1.83. The Morgan fingerprint density at radius 2 is 2.15 bits per heavy atom. The lowest BCUT2D eigenvalue weighted by atomic mass is 10.2. The van der Waals surface area contributed by atoms with E-state index in [1.807, 2.05) is 24.3 Å². The number of nitrogens with zero attached hydrogens (tertiary/aromatic N) is 3. The minimum absolute atomic E-state index is 0.370. The van der Waals surface area contributed by atoms with Crippen LogP contribution in [0.25, 0.3) is 11.2 Å². The van der Waals surface area contributed by atoms with Crippen LogP contribution in [0.4, 0.5) is 11.8 Å². The number of ether oxygens (including phenoxy) is 1. The SMILES string of the molecule is COc1ccccc1CNc1nc(N)c2[nH]cnc2n1. The third-order valence-electron chi connectivity index (χ3n) is 2.94. The molecule has 0 unspecified atom stereocenters. The van der Waals surface area contributed by atoms with Crippen molar-refractivity contribution in [2.75, 3.05) is 18.2 Å². The lowest BCUT2D eigenvalue weighted by Gasteiger charge is -2.09. The molecule has 3 aromatic rings. The van der Waals surface area contributed by atoms with E-state index in [9.17, 15) is 0 Å². The smallest absolute Gasteiger partial charge is 0.227 e. The van der Waals surface area contributed by atoms with E-state index in [0.717, 1.165) is 11.3 Å². The van der Waals surface area contributed by atoms with Gasteiger partial charge in [-0.05, 0) is 6.07 Å². The molecule has 0 aliphatic heterocycles. The number of anilines is 2. The number of methoxy groups -OCH3 is 1. The molecule has 102 valence electrons. The summed E-state index contributed by atoms with van der Waals surface area (Å²) in [6.07, 6.45) is 1.54. The number of nitrogens with two attached hydrogens (primary N) is 1. The number of aromatic amines is 1. The van der Waals surface area contributed by atoms with Crippen LogP contribution in [0.15, 0.2) is 30.6 Å². The number of benzene rings is 1. The summed E-state index contributed by atoms with van der Waals surface area (Å²) in [5.41, 5.74) is 8.04. The van der Waals surface area contributed by atoms with Crippen LogP contribution in [-0.2, 0) is 6.54 Å². The van der Waals surface area contributed by atoms with Gasteiger partial charge in [-0.3, -0.25) is 0 Å². The monoisotopic (exact) mass is 270 g/mol. The van der Waals surface area contributed by atoms with Crippen LogP contribution in [0.1, 0.15) is 5.56 Å². The topological polar surface area (TPSA) is 102 Å². The molecular weight excluding hydrogens is 256 g/mol. The zero-order valence-corrected chi connectivity index (χ0v) is 10.9. The second-order valence-electron chi connectivity index (χ2n) is 4.20. The summed E-state index contributed by atoms with van der Waals surface area (Å²) in [5, 5.41) is 3.12. The highest BCUT2D eigenvalue weighted by molar-refractivity contribution is 5.82. The second-order valence-corrected chi connectivity index (χ2v) is 4.20. The van der Waals surface area contributed by atoms with Crippen LogP contribution < -0.4 is 15.8 Å². The van der Waals surface area contributed by atoms with Gasteiger partial charge in [-0.15, -0.1) is 0 Å². The molecule has 0 aliphatic carbocycles. The van der Waals surface area contributed by atoms with Crippen molar-refractivity contribution in [2.45, 2.75) is 6.54 Å². The summed E-state index contributed by atoms with van der Waals surface area (Å²) in [6, 6.07) is 7.75. The number of imidazole rings is 1. The van der Waals surface area contributed by atoms with Crippen molar-refractivity contribution in [1.82, 2.24) is 19.9 Å². The molecule has 4 N–H and O–H groups in total. The van der Waals surface area contributed by atoms with Crippen molar-refractivity contribution in [3.05, 3.63) is 36.2 Å².